The van der Waals surface area contributed by atoms with Crippen molar-refractivity contribution in [1.82, 2.24) is 15.0 Å². The van der Waals surface area contributed by atoms with Gasteiger partial charge in [0.05, 0.1) is 5.41 Å². The molecule has 0 atom stereocenters. The molecule has 0 spiro atoms. The third-order valence-electron chi connectivity index (χ3n) is 9.49. The Labute approximate surface area is 296 Å². The normalized spacial score (nSPS) is 12.9. The SMILES string of the molecule is c1ccc(-c2nc(-c3ccccc3)nc(-c3ccc(-c4ccc5c(c4)Sc4ccccc4C5(c4ccccc4)c4ccccc4)cc3)n2)cc1. The Bertz CT molecular complexity index is 2330. The molecule has 0 unspecified atom stereocenters. The minimum atomic E-state index is -0.437. The van der Waals surface area contributed by atoms with Gasteiger partial charge < -0.3 is 0 Å². The van der Waals surface area contributed by atoms with Gasteiger partial charge in [-0.3, -0.25) is 0 Å². The van der Waals surface area contributed by atoms with Crippen molar-refractivity contribution in [3.63, 3.8) is 0 Å². The monoisotopic (exact) mass is 657 g/mol. The molecule has 0 N–H and O–H groups in total. The van der Waals surface area contributed by atoms with E-state index < -0.39 is 5.41 Å². The molecule has 0 bridgehead atoms. The highest BCUT2D eigenvalue weighted by molar-refractivity contribution is 7.99. The van der Waals surface area contributed by atoms with Crippen LogP contribution in [0.4, 0.5) is 0 Å². The summed E-state index contributed by atoms with van der Waals surface area (Å²) in [7, 11) is 0. The van der Waals surface area contributed by atoms with Crippen molar-refractivity contribution in [3.05, 3.63) is 210 Å². The van der Waals surface area contributed by atoms with Crippen molar-refractivity contribution >= 4 is 11.8 Å². The summed E-state index contributed by atoms with van der Waals surface area (Å²) in [6.07, 6.45) is 0. The van der Waals surface area contributed by atoms with Gasteiger partial charge in [0.25, 0.3) is 0 Å². The van der Waals surface area contributed by atoms with Crippen LogP contribution in [0.3, 0.4) is 0 Å². The van der Waals surface area contributed by atoms with E-state index >= 15 is 0 Å². The Hall–Kier alpha value is -6.10. The molecule has 0 fully saturated rings. The van der Waals surface area contributed by atoms with Crippen LogP contribution in [0.15, 0.2) is 198 Å². The molecule has 0 aliphatic carbocycles. The minimum Gasteiger partial charge on any atom is -0.208 e. The Balaban J connectivity index is 1.14. The smallest absolute Gasteiger partial charge is 0.164 e. The van der Waals surface area contributed by atoms with Crippen LogP contribution in [0.2, 0.25) is 0 Å². The molecular formula is C46H31N3S. The zero-order chi connectivity index (χ0) is 33.3. The lowest BCUT2D eigenvalue weighted by atomic mass is 9.64. The summed E-state index contributed by atoms with van der Waals surface area (Å²) < 4.78 is 0. The second-order valence-corrected chi connectivity index (χ2v) is 13.5. The third-order valence-corrected chi connectivity index (χ3v) is 10.6. The van der Waals surface area contributed by atoms with Gasteiger partial charge in [-0.2, -0.15) is 0 Å². The molecular weight excluding hydrogens is 627 g/mol. The molecule has 0 amide bonds. The van der Waals surface area contributed by atoms with Crippen molar-refractivity contribution in [2.45, 2.75) is 15.2 Å². The number of hydrogen-bond acceptors (Lipinski definition) is 4. The van der Waals surface area contributed by atoms with Crippen molar-refractivity contribution in [2.24, 2.45) is 0 Å². The quantitative estimate of drug-likeness (QED) is 0.178. The van der Waals surface area contributed by atoms with Crippen LogP contribution in [0.25, 0.3) is 45.3 Å². The second kappa shape index (κ2) is 12.7. The molecule has 8 aromatic rings. The summed E-state index contributed by atoms with van der Waals surface area (Å²) in [5, 5.41) is 0. The highest BCUT2D eigenvalue weighted by Gasteiger charge is 2.44. The van der Waals surface area contributed by atoms with Gasteiger partial charge in [-0.1, -0.05) is 188 Å². The highest BCUT2D eigenvalue weighted by atomic mass is 32.2. The second-order valence-electron chi connectivity index (χ2n) is 12.4. The molecule has 1 aromatic heterocycles. The molecule has 0 saturated heterocycles. The average molecular weight is 658 g/mol. The Kier molecular flexibility index (Phi) is 7.64. The number of aromatic nitrogens is 3. The molecule has 9 rings (SSSR count). The van der Waals surface area contributed by atoms with Crippen molar-refractivity contribution in [1.29, 1.82) is 0 Å². The summed E-state index contributed by atoms with van der Waals surface area (Å²) in [4.78, 5) is 17.2. The number of rotatable bonds is 6. The third kappa shape index (κ3) is 5.22. The molecule has 236 valence electrons. The molecule has 1 aliphatic heterocycles. The number of hydrogen-bond donors (Lipinski definition) is 0. The summed E-state index contributed by atoms with van der Waals surface area (Å²) in [5.41, 5.74) is 9.87. The predicted octanol–water partition coefficient (Wildman–Crippen LogP) is 11.4. The predicted molar refractivity (Wildman–Crippen MR) is 204 cm³/mol. The average Bonchev–Trinajstić information content (AvgIpc) is 3.21. The van der Waals surface area contributed by atoms with E-state index in [-0.39, 0.29) is 0 Å². The fourth-order valence-corrected chi connectivity index (χ4v) is 8.37. The first kappa shape index (κ1) is 30.0. The fraction of sp³-hybridized carbons (Fsp3) is 0.0217. The Morgan fingerprint density at radius 1 is 0.320 bits per heavy atom. The minimum absolute atomic E-state index is 0.437. The maximum atomic E-state index is 4.93. The fourth-order valence-electron chi connectivity index (χ4n) is 7.14. The standard InChI is InChI=1S/C46H31N3S/c1-5-15-33(16-6-1)43-47-44(34-17-7-2-8-18-34)49-45(48-43)35-27-25-32(26-28-35)36-29-30-40-42(31-36)50-41-24-14-13-23-39(41)46(40,37-19-9-3-10-20-37)38-21-11-4-12-22-38/h1-31H. The first-order valence-electron chi connectivity index (χ1n) is 16.8. The van der Waals surface area contributed by atoms with Gasteiger partial charge >= 0.3 is 0 Å². The molecule has 0 saturated carbocycles. The molecule has 7 aromatic carbocycles. The Morgan fingerprint density at radius 3 is 1.26 bits per heavy atom. The van der Waals surface area contributed by atoms with Crippen LogP contribution in [-0.4, -0.2) is 15.0 Å². The molecule has 3 nitrogen and oxygen atoms in total. The molecule has 4 heteroatoms. The van der Waals surface area contributed by atoms with Crippen molar-refractivity contribution in [2.75, 3.05) is 0 Å². The summed E-state index contributed by atoms with van der Waals surface area (Å²) >= 11 is 1.86. The first-order valence-corrected chi connectivity index (χ1v) is 17.6. The van der Waals surface area contributed by atoms with E-state index in [1.807, 2.05) is 72.4 Å². The van der Waals surface area contributed by atoms with Gasteiger partial charge in [0, 0.05) is 26.5 Å². The largest absolute Gasteiger partial charge is 0.208 e. The van der Waals surface area contributed by atoms with Gasteiger partial charge in [0.2, 0.25) is 0 Å². The van der Waals surface area contributed by atoms with E-state index in [0.717, 1.165) is 22.3 Å². The number of nitrogens with zero attached hydrogens (tertiary/aromatic N) is 3. The lowest BCUT2D eigenvalue weighted by molar-refractivity contribution is 0.703. The van der Waals surface area contributed by atoms with Crippen LogP contribution in [-0.2, 0) is 5.41 Å². The first-order chi connectivity index (χ1) is 24.8. The lowest BCUT2D eigenvalue weighted by Gasteiger charge is -2.42. The summed E-state index contributed by atoms with van der Waals surface area (Å²) in [6, 6.07) is 66.5. The van der Waals surface area contributed by atoms with Crippen LogP contribution in [0.5, 0.6) is 0 Å². The van der Waals surface area contributed by atoms with Crippen molar-refractivity contribution in [3.8, 4) is 45.3 Å². The molecule has 50 heavy (non-hydrogen) atoms. The Morgan fingerprint density at radius 2 is 0.720 bits per heavy atom. The molecule has 2 heterocycles. The van der Waals surface area contributed by atoms with E-state index in [1.54, 1.807) is 0 Å². The topological polar surface area (TPSA) is 38.7 Å². The van der Waals surface area contributed by atoms with Gasteiger partial charge in [-0.05, 0) is 45.5 Å². The number of benzene rings is 7. The van der Waals surface area contributed by atoms with Crippen LogP contribution in [0.1, 0.15) is 22.3 Å². The maximum Gasteiger partial charge on any atom is 0.164 e. The van der Waals surface area contributed by atoms with Crippen LogP contribution < -0.4 is 0 Å². The van der Waals surface area contributed by atoms with E-state index in [9.17, 15) is 0 Å². The summed E-state index contributed by atoms with van der Waals surface area (Å²) in [6.45, 7) is 0. The van der Waals surface area contributed by atoms with E-state index in [0.29, 0.717) is 17.5 Å². The van der Waals surface area contributed by atoms with Crippen molar-refractivity contribution < 1.29 is 0 Å². The zero-order valence-corrected chi connectivity index (χ0v) is 28.0. The number of fused-ring (bicyclic) bond motifs is 2. The zero-order valence-electron chi connectivity index (χ0n) is 27.1. The summed E-state index contributed by atoms with van der Waals surface area (Å²) in [5.74, 6) is 1.97. The van der Waals surface area contributed by atoms with Gasteiger partial charge in [0.15, 0.2) is 17.5 Å². The highest BCUT2D eigenvalue weighted by Crippen LogP contribution is 2.56. The van der Waals surface area contributed by atoms with E-state index in [4.69, 9.17) is 15.0 Å². The van der Waals surface area contributed by atoms with E-state index in [2.05, 4.69) is 127 Å². The van der Waals surface area contributed by atoms with E-state index in [1.165, 1.54) is 37.6 Å². The van der Waals surface area contributed by atoms with Gasteiger partial charge in [0.1, 0.15) is 0 Å². The van der Waals surface area contributed by atoms with Gasteiger partial charge in [-0.25, -0.2) is 15.0 Å². The molecule has 1 aliphatic rings. The maximum absolute atomic E-state index is 4.93. The van der Waals surface area contributed by atoms with Crippen LogP contribution >= 0.6 is 11.8 Å². The van der Waals surface area contributed by atoms with Crippen LogP contribution in [0, 0.1) is 0 Å². The molecule has 0 radical (unpaired) electrons. The lowest BCUT2D eigenvalue weighted by Crippen LogP contribution is -2.34. The van der Waals surface area contributed by atoms with Gasteiger partial charge in [-0.15, -0.1) is 0 Å².